The highest BCUT2D eigenvalue weighted by molar-refractivity contribution is 7.87. The lowest BCUT2D eigenvalue weighted by Crippen LogP contribution is -2.38. The minimum atomic E-state index is -3.84. The summed E-state index contributed by atoms with van der Waals surface area (Å²) in [7, 11) is -3.84. The van der Waals surface area contributed by atoms with Gasteiger partial charge in [-0.1, -0.05) is 0 Å². The van der Waals surface area contributed by atoms with Gasteiger partial charge in [0.1, 0.15) is 0 Å². The molecule has 0 aromatic heterocycles. The van der Waals surface area contributed by atoms with E-state index in [1.54, 1.807) is 38.5 Å². The Morgan fingerprint density at radius 3 is 1.05 bits per heavy atom. The van der Waals surface area contributed by atoms with E-state index < -0.39 is 14.9 Å². The molecule has 0 spiro atoms. The zero-order valence-electron chi connectivity index (χ0n) is 12.4. The van der Waals surface area contributed by atoms with Crippen molar-refractivity contribution in [1.82, 2.24) is 6.15 Å². The molecule has 0 aromatic rings. The van der Waals surface area contributed by atoms with Gasteiger partial charge in [-0.15, -0.1) is 0 Å². The summed E-state index contributed by atoms with van der Waals surface area (Å²) < 4.78 is 27.7. The first-order valence-electron chi connectivity index (χ1n) is 7.12. The van der Waals surface area contributed by atoms with Crippen molar-refractivity contribution < 1.29 is 13.0 Å². The number of hydrogen-bond acceptors (Lipinski definition) is 3. The molecule has 4 bridgehead atoms. The minimum Gasteiger partial charge on any atom is -0.344 e. The molecule has 4 N–H and O–H groups in total. The van der Waals surface area contributed by atoms with Crippen molar-refractivity contribution in [3.8, 4) is 0 Å². The number of hydrogen-bond donors (Lipinski definition) is 2. The predicted octanol–water partition coefficient (Wildman–Crippen LogP) is 3.67. The number of rotatable bonds is 0. The Morgan fingerprint density at radius 2 is 0.947 bits per heavy atom. The molecule has 0 heterocycles. The second-order valence-corrected chi connectivity index (χ2v) is 9.64. The van der Waals surface area contributed by atoms with E-state index in [0.717, 1.165) is 0 Å². The lowest BCUT2D eigenvalue weighted by molar-refractivity contribution is 0.0198. The van der Waals surface area contributed by atoms with Crippen molar-refractivity contribution in [1.29, 1.82) is 0 Å². The smallest absolute Gasteiger partial charge is 0.269 e. The van der Waals surface area contributed by atoms with Crippen LogP contribution in [0.15, 0.2) is 0 Å². The monoisotopic (exact) mass is 291 g/mol. The van der Waals surface area contributed by atoms with Gasteiger partial charge in [0.25, 0.3) is 10.1 Å². The van der Waals surface area contributed by atoms with E-state index in [2.05, 4.69) is 0 Å². The van der Waals surface area contributed by atoms with Crippen LogP contribution in [-0.4, -0.2) is 17.7 Å². The standard InChI is InChI=1S/C10H16.C4H10O3S.H3N/c1-7-2-9-4-8(1)5-10(3-7)6-9;1-4(2,3)8(5,6)7;/h7-10H,1-6H2;1-3H3,(H,5,6,7);1H3. The fourth-order valence-electron chi connectivity index (χ4n) is 3.98. The zero-order valence-corrected chi connectivity index (χ0v) is 13.2. The SMILES string of the molecule is C1C2CC3CC1CC(C2)C3.CC(C)(C)S(=O)(=O)O.N. The van der Waals surface area contributed by atoms with Crippen molar-refractivity contribution in [2.75, 3.05) is 0 Å². The molecule has 0 aliphatic heterocycles. The molecule has 4 aliphatic carbocycles. The third kappa shape index (κ3) is 4.17. The summed E-state index contributed by atoms with van der Waals surface area (Å²) in [4.78, 5) is 0. The van der Waals surface area contributed by atoms with Gasteiger partial charge < -0.3 is 6.15 Å². The first kappa shape index (κ1) is 16.9. The Balaban J connectivity index is 0.000000187. The lowest BCUT2D eigenvalue weighted by atomic mass is 9.56. The molecule has 0 atom stereocenters. The van der Waals surface area contributed by atoms with Crippen molar-refractivity contribution >= 4 is 10.1 Å². The van der Waals surface area contributed by atoms with Crippen LogP contribution in [0.1, 0.15) is 59.3 Å². The second kappa shape index (κ2) is 5.70. The van der Waals surface area contributed by atoms with Crippen LogP contribution in [0.5, 0.6) is 0 Å². The van der Waals surface area contributed by atoms with E-state index in [1.807, 2.05) is 0 Å². The molecule has 5 heteroatoms. The van der Waals surface area contributed by atoms with E-state index in [-0.39, 0.29) is 6.15 Å². The van der Waals surface area contributed by atoms with Gasteiger partial charge in [-0.05, 0) is 83.0 Å². The molecular formula is C14H29NO3S. The molecule has 4 rings (SSSR count). The van der Waals surface area contributed by atoms with Gasteiger partial charge in [-0.3, -0.25) is 4.55 Å². The normalized spacial score (nSPS) is 36.2. The summed E-state index contributed by atoms with van der Waals surface area (Å²) in [6.45, 7) is 4.30. The van der Waals surface area contributed by atoms with E-state index >= 15 is 0 Å². The summed E-state index contributed by atoms with van der Waals surface area (Å²) in [6, 6.07) is 0. The molecule has 0 aromatic carbocycles. The first-order valence-corrected chi connectivity index (χ1v) is 8.56. The highest BCUT2D eigenvalue weighted by atomic mass is 32.2. The molecule has 0 unspecified atom stereocenters. The quantitative estimate of drug-likeness (QED) is 0.666. The Labute approximate surface area is 117 Å². The molecule has 0 amide bonds. The molecule has 4 aliphatic rings. The van der Waals surface area contributed by atoms with Crippen LogP contribution in [0.2, 0.25) is 0 Å². The van der Waals surface area contributed by atoms with Crippen LogP contribution >= 0.6 is 0 Å². The van der Waals surface area contributed by atoms with Gasteiger partial charge >= 0.3 is 0 Å². The maximum absolute atomic E-state index is 10.2. The minimum absolute atomic E-state index is 0. The van der Waals surface area contributed by atoms with Crippen molar-refractivity contribution in [3.05, 3.63) is 0 Å². The molecule has 4 saturated carbocycles. The zero-order chi connectivity index (χ0) is 13.6. The van der Waals surface area contributed by atoms with Crippen molar-refractivity contribution in [3.63, 3.8) is 0 Å². The highest BCUT2D eigenvalue weighted by Gasteiger charge is 2.41. The summed E-state index contributed by atoms with van der Waals surface area (Å²) in [5, 5.41) is 0. The van der Waals surface area contributed by atoms with Gasteiger partial charge in [-0.25, -0.2) is 0 Å². The summed E-state index contributed by atoms with van der Waals surface area (Å²) in [5.74, 6) is 4.71. The third-order valence-electron chi connectivity index (χ3n) is 4.77. The third-order valence-corrected chi connectivity index (χ3v) is 6.32. The van der Waals surface area contributed by atoms with Crippen LogP contribution in [0.25, 0.3) is 0 Å². The summed E-state index contributed by atoms with van der Waals surface area (Å²) >= 11 is 0. The largest absolute Gasteiger partial charge is 0.344 e. The Bertz CT molecular complexity index is 341. The van der Waals surface area contributed by atoms with E-state index in [1.165, 1.54) is 44.4 Å². The van der Waals surface area contributed by atoms with Gasteiger partial charge in [0.15, 0.2) is 0 Å². The topological polar surface area (TPSA) is 89.4 Å². The van der Waals surface area contributed by atoms with Gasteiger partial charge in [-0.2, -0.15) is 8.42 Å². The molecule has 0 radical (unpaired) electrons. The molecule has 114 valence electrons. The van der Waals surface area contributed by atoms with Crippen molar-refractivity contribution in [2.45, 2.75) is 64.0 Å². The predicted molar refractivity (Wildman–Crippen MR) is 78.0 cm³/mol. The molecule has 0 saturated heterocycles. The summed E-state index contributed by atoms with van der Waals surface area (Å²) in [5.41, 5.74) is 0. The van der Waals surface area contributed by atoms with Gasteiger partial charge in [0, 0.05) is 0 Å². The van der Waals surface area contributed by atoms with E-state index in [4.69, 9.17) is 4.55 Å². The average Bonchev–Trinajstić information content (AvgIpc) is 2.12. The van der Waals surface area contributed by atoms with Gasteiger partial charge in [0.2, 0.25) is 0 Å². The Kier molecular flexibility index (Phi) is 5.08. The molecular weight excluding hydrogens is 262 g/mol. The average molecular weight is 291 g/mol. The van der Waals surface area contributed by atoms with Crippen LogP contribution in [0, 0.1) is 23.7 Å². The second-order valence-electron chi connectivity index (χ2n) is 7.47. The van der Waals surface area contributed by atoms with Crippen LogP contribution in [0.3, 0.4) is 0 Å². The maximum atomic E-state index is 10.2. The van der Waals surface area contributed by atoms with E-state index in [0.29, 0.717) is 0 Å². The summed E-state index contributed by atoms with van der Waals surface area (Å²) in [6.07, 6.45) is 9.62. The lowest BCUT2D eigenvalue weighted by Gasteiger charge is -2.49. The van der Waals surface area contributed by atoms with Crippen LogP contribution in [-0.2, 0) is 10.1 Å². The highest BCUT2D eigenvalue weighted by Crippen LogP contribution is 2.53. The van der Waals surface area contributed by atoms with Crippen LogP contribution < -0.4 is 6.15 Å². The Morgan fingerprint density at radius 1 is 0.789 bits per heavy atom. The molecule has 19 heavy (non-hydrogen) atoms. The molecule has 4 nitrogen and oxygen atoms in total. The fourth-order valence-corrected chi connectivity index (χ4v) is 3.98. The maximum Gasteiger partial charge on any atom is 0.269 e. The first-order chi connectivity index (χ1) is 8.15. The van der Waals surface area contributed by atoms with Crippen molar-refractivity contribution in [2.24, 2.45) is 23.7 Å². The molecule has 4 fully saturated rings. The van der Waals surface area contributed by atoms with Gasteiger partial charge in [0.05, 0.1) is 4.75 Å². The van der Waals surface area contributed by atoms with E-state index in [9.17, 15) is 8.42 Å². The Hall–Kier alpha value is -0.130. The fraction of sp³-hybridized carbons (Fsp3) is 1.00. The van der Waals surface area contributed by atoms with Crippen LogP contribution in [0.4, 0.5) is 0 Å².